The number of hydrogen-bond acceptors (Lipinski definition) is 2. The van der Waals surface area contributed by atoms with Gasteiger partial charge in [-0.25, -0.2) is 0 Å². The first kappa shape index (κ1) is 12.2. The first-order valence-electron chi connectivity index (χ1n) is 5.57. The molecule has 0 aromatic rings. The molecule has 0 aromatic heterocycles. The van der Waals surface area contributed by atoms with Gasteiger partial charge in [0.15, 0.2) is 0 Å². The van der Waals surface area contributed by atoms with Gasteiger partial charge in [-0.05, 0) is 58.9 Å². The third kappa shape index (κ3) is 2.37. The summed E-state index contributed by atoms with van der Waals surface area (Å²) in [4.78, 5) is 2.29. The Hall–Kier alpha value is -0.890. The molecule has 0 radical (unpaired) electrons. The maximum atomic E-state index is 7.08. The molecule has 0 saturated heterocycles. The highest BCUT2D eigenvalue weighted by atomic mass is 15.1. The number of allylic oxidation sites excluding steroid dienone is 2. The van der Waals surface area contributed by atoms with Crippen molar-refractivity contribution in [1.82, 2.24) is 4.90 Å². The molecule has 84 valence electrons. The quantitative estimate of drug-likeness (QED) is 0.706. The van der Waals surface area contributed by atoms with Gasteiger partial charge in [0.2, 0.25) is 0 Å². The number of rotatable bonds is 3. The zero-order valence-corrected chi connectivity index (χ0v) is 10.3. The topological polar surface area (TPSA) is 27.1 Å². The van der Waals surface area contributed by atoms with E-state index in [9.17, 15) is 0 Å². The van der Waals surface area contributed by atoms with Crippen LogP contribution in [0.5, 0.6) is 0 Å². The van der Waals surface area contributed by atoms with E-state index in [-0.39, 0.29) is 5.54 Å². The molecule has 0 fully saturated rings. The van der Waals surface area contributed by atoms with Crippen molar-refractivity contribution in [1.29, 1.82) is 5.41 Å². The molecule has 1 aliphatic rings. The lowest BCUT2D eigenvalue weighted by Crippen LogP contribution is -2.44. The number of likely N-dealkylation sites (N-methyl/N-ethyl adjacent to an activating group) is 1. The SMILES string of the molecule is CC1=C(/C=C\C=N)C(C)(N(C)C)CCC1. The predicted molar refractivity (Wildman–Crippen MR) is 66.6 cm³/mol. The van der Waals surface area contributed by atoms with Crippen LogP contribution in [0, 0.1) is 5.41 Å². The normalized spacial score (nSPS) is 27.8. The van der Waals surface area contributed by atoms with Gasteiger partial charge in [0.05, 0.1) is 0 Å². The van der Waals surface area contributed by atoms with E-state index < -0.39 is 0 Å². The minimum Gasteiger partial charge on any atom is -0.309 e. The van der Waals surface area contributed by atoms with Crippen molar-refractivity contribution in [2.24, 2.45) is 0 Å². The molecule has 0 heterocycles. The van der Waals surface area contributed by atoms with Gasteiger partial charge in [-0.1, -0.05) is 11.6 Å². The third-order valence-electron chi connectivity index (χ3n) is 3.60. The van der Waals surface area contributed by atoms with Gasteiger partial charge < -0.3 is 5.41 Å². The summed E-state index contributed by atoms with van der Waals surface area (Å²) in [5.74, 6) is 0. The van der Waals surface area contributed by atoms with E-state index in [0.717, 1.165) is 0 Å². The highest BCUT2D eigenvalue weighted by molar-refractivity contribution is 5.69. The van der Waals surface area contributed by atoms with Gasteiger partial charge in [0.25, 0.3) is 0 Å². The van der Waals surface area contributed by atoms with E-state index in [1.54, 1.807) is 0 Å². The zero-order valence-electron chi connectivity index (χ0n) is 10.3. The first-order valence-corrected chi connectivity index (χ1v) is 5.57. The second-order valence-electron chi connectivity index (χ2n) is 4.74. The van der Waals surface area contributed by atoms with Crippen molar-refractivity contribution < 1.29 is 0 Å². The van der Waals surface area contributed by atoms with Crippen LogP contribution in [0.3, 0.4) is 0 Å². The summed E-state index contributed by atoms with van der Waals surface area (Å²) in [7, 11) is 4.27. The highest BCUT2D eigenvalue weighted by Gasteiger charge is 2.33. The standard InChI is InChI=1S/C13H22N2/c1-11-7-5-9-13(2,15(3)4)12(11)8-6-10-14/h6,8,10,14H,5,7,9H2,1-4H3/b8-6-,14-10?. The van der Waals surface area contributed by atoms with E-state index in [4.69, 9.17) is 5.41 Å². The van der Waals surface area contributed by atoms with Crippen LogP contribution >= 0.6 is 0 Å². The van der Waals surface area contributed by atoms with E-state index in [1.807, 2.05) is 6.08 Å². The van der Waals surface area contributed by atoms with E-state index in [0.29, 0.717) is 0 Å². The lowest BCUT2D eigenvalue weighted by Gasteiger charge is -2.42. The fourth-order valence-electron chi connectivity index (χ4n) is 2.36. The Morgan fingerprint density at radius 1 is 1.40 bits per heavy atom. The van der Waals surface area contributed by atoms with Gasteiger partial charge in [0.1, 0.15) is 0 Å². The Bertz CT molecular complexity index is 300. The lowest BCUT2D eigenvalue weighted by atomic mass is 9.77. The Morgan fingerprint density at radius 2 is 2.07 bits per heavy atom. The molecular formula is C13H22N2. The summed E-state index contributed by atoms with van der Waals surface area (Å²) < 4.78 is 0. The summed E-state index contributed by atoms with van der Waals surface area (Å²) in [6.07, 6.45) is 8.94. The van der Waals surface area contributed by atoms with E-state index in [1.165, 1.54) is 36.6 Å². The first-order chi connectivity index (χ1) is 7.02. The number of hydrogen-bond donors (Lipinski definition) is 1. The summed E-state index contributed by atoms with van der Waals surface area (Å²) in [6, 6.07) is 0. The van der Waals surface area contributed by atoms with Crippen LogP contribution in [0.2, 0.25) is 0 Å². The zero-order chi connectivity index (χ0) is 11.5. The molecule has 1 N–H and O–H groups in total. The van der Waals surface area contributed by atoms with Crippen LogP contribution < -0.4 is 0 Å². The average Bonchev–Trinajstić information content (AvgIpc) is 2.17. The Kier molecular flexibility index (Phi) is 3.86. The average molecular weight is 206 g/mol. The molecule has 1 atom stereocenters. The molecule has 1 aliphatic carbocycles. The maximum absolute atomic E-state index is 7.08. The second-order valence-corrected chi connectivity index (χ2v) is 4.74. The molecule has 15 heavy (non-hydrogen) atoms. The maximum Gasteiger partial charge on any atom is 0.0426 e. The van der Waals surface area contributed by atoms with E-state index in [2.05, 4.69) is 38.9 Å². The van der Waals surface area contributed by atoms with Crippen molar-refractivity contribution in [3.63, 3.8) is 0 Å². The Balaban J connectivity index is 3.11. The predicted octanol–water partition coefficient (Wildman–Crippen LogP) is 3.01. The summed E-state index contributed by atoms with van der Waals surface area (Å²) in [5.41, 5.74) is 3.00. The van der Waals surface area contributed by atoms with Crippen LogP contribution in [-0.2, 0) is 0 Å². The van der Waals surface area contributed by atoms with Crippen molar-refractivity contribution in [2.45, 2.75) is 38.6 Å². The third-order valence-corrected chi connectivity index (χ3v) is 3.60. The molecular weight excluding hydrogens is 184 g/mol. The molecule has 1 unspecified atom stereocenters. The van der Waals surface area contributed by atoms with Gasteiger partial charge in [-0.3, -0.25) is 4.90 Å². The monoisotopic (exact) mass is 206 g/mol. The van der Waals surface area contributed by atoms with E-state index >= 15 is 0 Å². The highest BCUT2D eigenvalue weighted by Crippen LogP contribution is 2.37. The molecule has 0 aliphatic heterocycles. The van der Waals surface area contributed by atoms with Crippen LogP contribution in [0.1, 0.15) is 33.1 Å². The van der Waals surface area contributed by atoms with Gasteiger partial charge in [-0.15, -0.1) is 0 Å². The van der Waals surface area contributed by atoms with Crippen LogP contribution in [0.4, 0.5) is 0 Å². The molecule has 2 nitrogen and oxygen atoms in total. The van der Waals surface area contributed by atoms with Crippen LogP contribution in [-0.4, -0.2) is 30.7 Å². The summed E-state index contributed by atoms with van der Waals surface area (Å²) >= 11 is 0. The largest absolute Gasteiger partial charge is 0.309 e. The molecule has 1 rings (SSSR count). The molecule has 0 bridgehead atoms. The van der Waals surface area contributed by atoms with Crippen molar-refractivity contribution in [3.8, 4) is 0 Å². The summed E-state index contributed by atoms with van der Waals surface area (Å²) in [5, 5.41) is 7.08. The number of nitrogens with one attached hydrogen (secondary N) is 1. The fraction of sp³-hybridized carbons (Fsp3) is 0.615. The van der Waals surface area contributed by atoms with Gasteiger partial charge in [-0.2, -0.15) is 0 Å². The molecule has 0 saturated carbocycles. The Labute approximate surface area is 93.2 Å². The van der Waals surface area contributed by atoms with Gasteiger partial charge in [0, 0.05) is 11.8 Å². The smallest absolute Gasteiger partial charge is 0.0426 e. The van der Waals surface area contributed by atoms with Crippen molar-refractivity contribution in [3.05, 3.63) is 23.3 Å². The molecule has 0 amide bonds. The second kappa shape index (κ2) is 4.75. The van der Waals surface area contributed by atoms with Crippen molar-refractivity contribution in [2.75, 3.05) is 14.1 Å². The lowest BCUT2D eigenvalue weighted by molar-refractivity contribution is 0.192. The Morgan fingerprint density at radius 3 is 2.60 bits per heavy atom. The fourth-order valence-corrected chi connectivity index (χ4v) is 2.36. The molecule has 0 spiro atoms. The summed E-state index contributed by atoms with van der Waals surface area (Å²) in [6.45, 7) is 4.50. The van der Waals surface area contributed by atoms with Crippen molar-refractivity contribution >= 4 is 6.21 Å². The molecule has 0 aromatic carbocycles. The van der Waals surface area contributed by atoms with Crippen LogP contribution in [0.25, 0.3) is 0 Å². The number of nitrogens with zero attached hydrogens (tertiary/aromatic N) is 1. The molecule has 2 heteroatoms. The minimum absolute atomic E-state index is 0.141. The van der Waals surface area contributed by atoms with Gasteiger partial charge >= 0.3 is 0 Å². The minimum atomic E-state index is 0.141. The van der Waals surface area contributed by atoms with Crippen LogP contribution in [0.15, 0.2) is 23.3 Å².